The summed E-state index contributed by atoms with van der Waals surface area (Å²) in [6.45, 7) is 5.28. The molecule has 4 heteroatoms. The molecule has 0 aromatic rings. The van der Waals surface area contributed by atoms with E-state index in [2.05, 4.69) is 4.74 Å². The van der Waals surface area contributed by atoms with E-state index >= 15 is 0 Å². The molecule has 90 valence electrons. The predicted molar refractivity (Wildman–Crippen MR) is 57.8 cm³/mol. The lowest BCUT2D eigenvalue weighted by Crippen LogP contribution is -2.24. The van der Waals surface area contributed by atoms with Gasteiger partial charge in [-0.15, -0.1) is 0 Å². The average molecular weight is 218 g/mol. The van der Waals surface area contributed by atoms with Gasteiger partial charge in [-0.3, -0.25) is 4.79 Å². The number of carbonyl (C=O) groups excluding carboxylic acids is 1. The number of hydrogen-bond acceptors (Lipinski definition) is 4. The third-order valence-electron chi connectivity index (χ3n) is 2.30. The predicted octanol–water partition coefficient (Wildman–Crippen LogP) is 1.77. The highest BCUT2D eigenvalue weighted by molar-refractivity contribution is 5.68. The second-order valence-corrected chi connectivity index (χ2v) is 4.01. The van der Waals surface area contributed by atoms with Crippen LogP contribution in [0.5, 0.6) is 0 Å². The minimum atomic E-state index is -0.184. The van der Waals surface area contributed by atoms with Gasteiger partial charge in [-0.1, -0.05) is 0 Å². The van der Waals surface area contributed by atoms with Crippen LogP contribution >= 0.6 is 0 Å². The molecule has 0 unspecified atom stereocenters. The maximum atomic E-state index is 10.8. The van der Waals surface area contributed by atoms with Gasteiger partial charge in [0.1, 0.15) is 0 Å². The van der Waals surface area contributed by atoms with Crippen molar-refractivity contribution in [2.45, 2.75) is 38.7 Å². The van der Waals surface area contributed by atoms with Gasteiger partial charge in [-0.2, -0.15) is 0 Å². The molecule has 0 aliphatic rings. The first kappa shape index (κ1) is 14.4. The molecule has 0 bridgehead atoms. The van der Waals surface area contributed by atoms with Crippen molar-refractivity contribution in [3.8, 4) is 0 Å². The van der Waals surface area contributed by atoms with Gasteiger partial charge in [0.2, 0.25) is 0 Å². The Kier molecular flexibility index (Phi) is 7.34. The number of carbonyl (C=O) groups is 1. The average Bonchev–Trinajstić information content (AvgIpc) is 2.22. The number of esters is 1. The van der Waals surface area contributed by atoms with Crippen LogP contribution < -0.4 is 0 Å². The molecule has 0 spiro atoms. The van der Waals surface area contributed by atoms with Crippen molar-refractivity contribution in [3.05, 3.63) is 0 Å². The molecule has 0 rings (SSSR count). The van der Waals surface area contributed by atoms with E-state index in [4.69, 9.17) is 9.47 Å². The molecule has 15 heavy (non-hydrogen) atoms. The third-order valence-corrected chi connectivity index (χ3v) is 2.30. The van der Waals surface area contributed by atoms with E-state index in [0.29, 0.717) is 26.1 Å². The van der Waals surface area contributed by atoms with Gasteiger partial charge >= 0.3 is 5.97 Å². The van der Waals surface area contributed by atoms with E-state index in [0.717, 1.165) is 6.42 Å². The Labute approximate surface area is 91.9 Å². The van der Waals surface area contributed by atoms with E-state index in [-0.39, 0.29) is 11.6 Å². The molecule has 0 amide bonds. The van der Waals surface area contributed by atoms with Gasteiger partial charge in [-0.05, 0) is 26.7 Å². The zero-order valence-electron chi connectivity index (χ0n) is 10.2. The summed E-state index contributed by atoms with van der Waals surface area (Å²) >= 11 is 0. The van der Waals surface area contributed by atoms with Crippen LogP contribution in [0.4, 0.5) is 0 Å². The highest BCUT2D eigenvalue weighted by Gasteiger charge is 2.15. The first-order valence-electron chi connectivity index (χ1n) is 5.21. The highest BCUT2D eigenvalue weighted by Crippen LogP contribution is 2.12. The van der Waals surface area contributed by atoms with Crippen molar-refractivity contribution in [3.63, 3.8) is 0 Å². The van der Waals surface area contributed by atoms with Crippen LogP contribution in [0.1, 0.15) is 33.1 Å². The molecule has 0 aliphatic carbocycles. The molecule has 0 fully saturated rings. The van der Waals surface area contributed by atoms with Crippen LogP contribution in [0.2, 0.25) is 0 Å². The van der Waals surface area contributed by atoms with Crippen molar-refractivity contribution >= 4 is 5.97 Å². The number of hydrogen-bond donors (Lipinski definition) is 0. The van der Waals surface area contributed by atoms with E-state index in [9.17, 15) is 4.79 Å². The van der Waals surface area contributed by atoms with Gasteiger partial charge < -0.3 is 14.2 Å². The van der Waals surface area contributed by atoms with Crippen LogP contribution in [0.15, 0.2) is 0 Å². The molecule has 0 aromatic carbocycles. The van der Waals surface area contributed by atoms with E-state index < -0.39 is 0 Å². The fourth-order valence-corrected chi connectivity index (χ4v) is 0.943. The van der Waals surface area contributed by atoms with Crippen molar-refractivity contribution < 1.29 is 19.0 Å². The topological polar surface area (TPSA) is 44.8 Å². The summed E-state index contributed by atoms with van der Waals surface area (Å²) < 4.78 is 15.1. The Morgan fingerprint density at radius 3 is 2.40 bits per heavy atom. The van der Waals surface area contributed by atoms with Crippen LogP contribution in [0, 0.1) is 0 Å². The summed E-state index contributed by atoms with van der Waals surface area (Å²) in [5, 5.41) is 0. The summed E-state index contributed by atoms with van der Waals surface area (Å²) in [6.07, 6.45) is 1.98. The Morgan fingerprint density at radius 1 is 1.20 bits per heavy atom. The molecule has 0 atom stereocenters. The molecule has 0 radical (unpaired) electrons. The third kappa shape index (κ3) is 8.39. The van der Waals surface area contributed by atoms with Gasteiger partial charge in [-0.25, -0.2) is 0 Å². The Balaban J connectivity index is 3.29. The lowest BCUT2D eigenvalue weighted by Gasteiger charge is -2.22. The summed E-state index contributed by atoms with van der Waals surface area (Å²) in [6, 6.07) is 0. The van der Waals surface area contributed by atoms with Gasteiger partial charge in [0.25, 0.3) is 0 Å². The Hall–Kier alpha value is -0.610. The molecule has 4 nitrogen and oxygen atoms in total. The lowest BCUT2D eigenvalue weighted by molar-refractivity contribution is -0.141. The first-order chi connectivity index (χ1) is 7.02. The SMILES string of the molecule is COC(=O)CCCOCCC(C)(C)OC. The fourth-order valence-electron chi connectivity index (χ4n) is 0.943. The van der Waals surface area contributed by atoms with Crippen molar-refractivity contribution in [1.29, 1.82) is 0 Å². The molecule has 0 heterocycles. The second kappa shape index (κ2) is 7.65. The summed E-state index contributed by atoms with van der Waals surface area (Å²) in [5.74, 6) is -0.184. The zero-order valence-corrected chi connectivity index (χ0v) is 10.2. The molecule has 0 aliphatic heterocycles. The monoisotopic (exact) mass is 218 g/mol. The molecule has 0 aromatic heterocycles. The van der Waals surface area contributed by atoms with Crippen LogP contribution in [0.3, 0.4) is 0 Å². The normalized spacial score (nSPS) is 11.5. The largest absolute Gasteiger partial charge is 0.469 e. The molecular weight excluding hydrogens is 196 g/mol. The summed E-state index contributed by atoms with van der Waals surface area (Å²) in [5.41, 5.74) is -0.137. The molecule has 0 N–H and O–H groups in total. The minimum Gasteiger partial charge on any atom is -0.469 e. The maximum absolute atomic E-state index is 10.8. The lowest BCUT2D eigenvalue weighted by atomic mass is 10.1. The summed E-state index contributed by atoms with van der Waals surface area (Å²) in [4.78, 5) is 10.8. The highest BCUT2D eigenvalue weighted by atomic mass is 16.5. The van der Waals surface area contributed by atoms with Crippen molar-refractivity contribution in [2.75, 3.05) is 27.4 Å². The van der Waals surface area contributed by atoms with Crippen LogP contribution in [-0.2, 0) is 19.0 Å². The minimum absolute atomic E-state index is 0.137. The van der Waals surface area contributed by atoms with Crippen molar-refractivity contribution in [2.24, 2.45) is 0 Å². The standard InChI is InChI=1S/C11H22O4/c1-11(2,14-4)7-9-15-8-5-6-10(12)13-3/h5-9H2,1-4H3. The van der Waals surface area contributed by atoms with Crippen LogP contribution in [0.25, 0.3) is 0 Å². The molecule has 0 saturated carbocycles. The molecule has 0 saturated heterocycles. The second-order valence-electron chi connectivity index (χ2n) is 4.01. The zero-order chi connectivity index (χ0) is 11.7. The maximum Gasteiger partial charge on any atom is 0.305 e. The van der Waals surface area contributed by atoms with E-state index in [1.54, 1.807) is 7.11 Å². The Bertz CT molecular complexity index is 177. The quantitative estimate of drug-likeness (QED) is 0.460. The fraction of sp³-hybridized carbons (Fsp3) is 0.909. The van der Waals surface area contributed by atoms with Crippen LogP contribution in [-0.4, -0.2) is 39.0 Å². The molecular formula is C11H22O4. The Morgan fingerprint density at radius 2 is 1.87 bits per heavy atom. The van der Waals surface area contributed by atoms with Gasteiger partial charge in [0, 0.05) is 26.7 Å². The van der Waals surface area contributed by atoms with Gasteiger partial charge in [0.05, 0.1) is 12.7 Å². The smallest absolute Gasteiger partial charge is 0.305 e. The van der Waals surface area contributed by atoms with Gasteiger partial charge in [0.15, 0.2) is 0 Å². The van der Waals surface area contributed by atoms with E-state index in [1.807, 2.05) is 13.8 Å². The van der Waals surface area contributed by atoms with Crippen molar-refractivity contribution in [1.82, 2.24) is 0 Å². The number of ether oxygens (including phenoxy) is 3. The summed E-state index contributed by atoms with van der Waals surface area (Å²) in [7, 11) is 3.08. The number of methoxy groups -OCH3 is 2. The van der Waals surface area contributed by atoms with E-state index in [1.165, 1.54) is 7.11 Å². The number of rotatable bonds is 8. The first-order valence-corrected chi connectivity index (χ1v) is 5.21.